The molecule has 0 spiro atoms. The van der Waals surface area contributed by atoms with Gasteiger partial charge in [-0.25, -0.2) is 0 Å². The molecule has 0 aliphatic heterocycles. The molecule has 0 aliphatic rings. The maximum atomic E-state index is 13.1. The van der Waals surface area contributed by atoms with Crippen LogP contribution in [-0.2, 0) is 16.1 Å². The Kier molecular flexibility index (Phi) is 9.95. The van der Waals surface area contributed by atoms with Gasteiger partial charge in [0.2, 0.25) is 5.91 Å². The summed E-state index contributed by atoms with van der Waals surface area (Å²) in [5.41, 5.74) is 0.597. The standard InChI is InChI=1S/C22H25BrCl2N2O3/c1-3-12-26-22(29)20(4-2)27(13-17-18(24)6-5-7-19(17)25)21(28)14-30-16-10-8-15(23)9-11-16/h5-11,20H,3-4,12-14H2,1-2H3,(H,26,29)/t20-/m1/s1. The molecule has 0 bridgehead atoms. The molecule has 0 aromatic heterocycles. The summed E-state index contributed by atoms with van der Waals surface area (Å²) in [6.45, 7) is 4.28. The van der Waals surface area contributed by atoms with Gasteiger partial charge in [0, 0.05) is 33.2 Å². The monoisotopic (exact) mass is 514 g/mol. The molecule has 0 saturated carbocycles. The molecule has 162 valence electrons. The zero-order valence-electron chi connectivity index (χ0n) is 17.0. The summed E-state index contributed by atoms with van der Waals surface area (Å²) >= 11 is 16.0. The highest BCUT2D eigenvalue weighted by atomic mass is 79.9. The van der Waals surface area contributed by atoms with E-state index in [0.29, 0.717) is 34.3 Å². The van der Waals surface area contributed by atoms with Crippen LogP contribution in [0.2, 0.25) is 10.0 Å². The number of amides is 2. The van der Waals surface area contributed by atoms with Crippen LogP contribution in [0.25, 0.3) is 0 Å². The Labute approximate surface area is 195 Å². The molecule has 2 aromatic rings. The fourth-order valence-electron chi connectivity index (χ4n) is 2.90. The van der Waals surface area contributed by atoms with Crippen LogP contribution in [0.4, 0.5) is 0 Å². The molecule has 2 rings (SSSR count). The van der Waals surface area contributed by atoms with Gasteiger partial charge in [0.1, 0.15) is 11.8 Å². The fraction of sp³-hybridized carbons (Fsp3) is 0.364. The second-order valence-electron chi connectivity index (χ2n) is 6.68. The van der Waals surface area contributed by atoms with Crippen LogP contribution >= 0.6 is 39.1 Å². The van der Waals surface area contributed by atoms with E-state index in [1.807, 2.05) is 26.0 Å². The van der Waals surface area contributed by atoms with Crippen molar-refractivity contribution in [2.24, 2.45) is 0 Å². The van der Waals surface area contributed by atoms with Gasteiger partial charge in [0.15, 0.2) is 6.61 Å². The molecule has 2 aromatic carbocycles. The van der Waals surface area contributed by atoms with Crippen molar-refractivity contribution in [3.8, 4) is 5.75 Å². The molecule has 0 radical (unpaired) electrons. The lowest BCUT2D eigenvalue weighted by Gasteiger charge is -2.31. The Morgan fingerprint density at radius 1 is 1.10 bits per heavy atom. The van der Waals surface area contributed by atoms with Crippen LogP contribution < -0.4 is 10.1 Å². The first-order valence-electron chi connectivity index (χ1n) is 9.75. The average Bonchev–Trinajstić information content (AvgIpc) is 2.73. The van der Waals surface area contributed by atoms with Crippen molar-refractivity contribution in [3.05, 3.63) is 62.5 Å². The van der Waals surface area contributed by atoms with Crippen LogP contribution in [-0.4, -0.2) is 35.9 Å². The van der Waals surface area contributed by atoms with E-state index in [9.17, 15) is 9.59 Å². The molecular formula is C22H25BrCl2N2O3. The summed E-state index contributed by atoms with van der Waals surface area (Å²) in [6, 6.07) is 11.7. The molecule has 8 heteroatoms. The van der Waals surface area contributed by atoms with E-state index in [2.05, 4.69) is 21.2 Å². The molecule has 30 heavy (non-hydrogen) atoms. The number of rotatable bonds is 10. The van der Waals surface area contributed by atoms with Crippen molar-refractivity contribution in [1.29, 1.82) is 0 Å². The number of benzene rings is 2. The van der Waals surface area contributed by atoms with Crippen LogP contribution in [0.5, 0.6) is 5.75 Å². The fourth-order valence-corrected chi connectivity index (χ4v) is 3.68. The lowest BCUT2D eigenvalue weighted by Crippen LogP contribution is -2.50. The SMILES string of the molecule is CCCNC(=O)[C@@H](CC)N(Cc1c(Cl)cccc1Cl)C(=O)COc1ccc(Br)cc1. The molecular weight excluding hydrogens is 491 g/mol. The summed E-state index contributed by atoms with van der Waals surface area (Å²) in [5, 5.41) is 3.75. The van der Waals surface area contributed by atoms with E-state index in [4.69, 9.17) is 27.9 Å². The molecule has 0 saturated heterocycles. The first-order valence-corrected chi connectivity index (χ1v) is 11.3. The van der Waals surface area contributed by atoms with Gasteiger partial charge < -0.3 is 15.0 Å². The Bertz CT molecular complexity index is 842. The van der Waals surface area contributed by atoms with Crippen molar-refractivity contribution in [2.75, 3.05) is 13.2 Å². The summed E-state index contributed by atoms with van der Waals surface area (Å²) in [7, 11) is 0. The third-order valence-electron chi connectivity index (χ3n) is 4.50. The summed E-state index contributed by atoms with van der Waals surface area (Å²) in [5.74, 6) is 0.0256. The van der Waals surface area contributed by atoms with Crippen LogP contribution in [0.1, 0.15) is 32.3 Å². The zero-order valence-corrected chi connectivity index (χ0v) is 20.1. The summed E-state index contributed by atoms with van der Waals surface area (Å²) in [4.78, 5) is 27.3. The highest BCUT2D eigenvalue weighted by Crippen LogP contribution is 2.27. The van der Waals surface area contributed by atoms with E-state index in [1.54, 1.807) is 30.3 Å². The predicted octanol–water partition coefficient (Wildman–Crippen LogP) is 5.47. The second-order valence-corrected chi connectivity index (χ2v) is 8.41. The smallest absolute Gasteiger partial charge is 0.261 e. The van der Waals surface area contributed by atoms with Crippen LogP contribution in [0, 0.1) is 0 Å². The Hall–Kier alpha value is -1.76. The van der Waals surface area contributed by atoms with Gasteiger partial charge >= 0.3 is 0 Å². The summed E-state index contributed by atoms with van der Waals surface area (Å²) < 4.78 is 6.56. The van der Waals surface area contributed by atoms with Crippen molar-refractivity contribution in [3.63, 3.8) is 0 Å². The Balaban J connectivity index is 2.25. The van der Waals surface area contributed by atoms with Gasteiger partial charge in [-0.3, -0.25) is 9.59 Å². The van der Waals surface area contributed by atoms with E-state index in [-0.39, 0.29) is 25.0 Å². The number of carbonyl (C=O) groups excluding carboxylic acids is 2. The van der Waals surface area contributed by atoms with Crippen molar-refractivity contribution >= 4 is 50.9 Å². The largest absolute Gasteiger partial charge is 0.484 e. The molecule has 0 heterocycles. The first kappa shape index (κ1) is 24.5. The molecule has 0 fully saturated rings. The third-order valence-corrected chi connectivity index (χ3v) is 5.74. The molecule has 1 atom stereocenters. The molecule has 0 aliphatic carbocycles. The zero-order chi connectivity index (χ0) is 22.1. The van der Waals surface area contributed by atoms with Gasteiger partial charge in [-0.1, -0.05) is 59.0 Å². The van der Waals surface area contributed by atoms with E-state index in [0.717, 1.165) is 10.9 Å². The van der Waals surface area contributed by atoms with Crippen LogP contribution in [0.15, 0.2) is 46.9 Å². The van der Waals surface area contributed by atoms with E-state index in [1.165, 1.54) is 4.90 Å². The van der Waals surface area contributed by atoms with E-state index >= 15 is 0 Å². The molecule has 2 amide bonds. The number of hydrogen-bond acceptors (Lipinski definition) is 3. The number of carbonyl (C=O) groups is 2. The maximum Gasteiger partial charge on any atom is 0.261 e. The minimum Gasteiger partial charge on any atom is -0.484 e. The van der Waals surface area contributed by atoms with E-state index < -0.39 is 6.04 Å². The topological polar surface area (TPSA) is 58.6 Å². The number of hydrogen-bond donors (Lipinski definition) is 1. The van der Waals surface area contributed by atoms with Gasteiger partial charge in [-0.15, -0.1) is 0 Å². The quantitative estimate of drug-likeness (QED) is 0.456. The highest BCUT2D eigenvalue weighted by Gasteiger charge is 2.29. The first-order chi connectivity index (χ1) is 14.4. The second kappa shape index (κ2) is 12.2. The number of nitrogens with one attached hydrogen (secondary N) is 1. The lowest BCUT2D eigenvalue weighted by atomic mass is 10.1. The van der Waals surface area contributed by atoms with Crippen LogP contribution in [0.3, 0.4) is 0 Å². The average molecular weight is 516 g/mol. The van der Waals surface area contributed by atoms with Gasteiger partial charge in [-0.05, 0) is 49.2 Å². The molecule has 5 nitrogen and oxygen atoms in total. The summed E-state index contributed by atoms with van der Waals surface area (Å²) in [6.07, 6.45) is 1.25. The highest BCUT2D eigenvalue weighted by molar-refractivity contribution is 9.10. The molecule has 0 unspecified atom stereocenters. The minimum absolute atomic E-state index is 0.110. The molecule has 1 N–H and O–H groups in total. The van der Waals surface area contributed by atoms with Gasteiger partial charge in [-0.2, -0.15) is 0 Å². The van der Waals surface area contributed by atoms with Gasteiger partial charge in [0.05, 0.1) is 0 Å². The number of halogens is 3. The third kappa shape index (κ3) is 6.89. The normalized spacial score (nSPS) is 11.6. The number of nitrogens with zero attached hydrogens (tertiary/aromatic N) is 1. The lowest BCUT2D eigenvalue weighted by molar-refractivity contribution is -0.143. The predicted molar refractivity (Wildman–Crippen MR) is 124 cm³/mol. The minimum atomic E-state index is -0.662. The van der Waals surface area contributed by atoms with Crippen molar-refractivity contribution in [1.82, 2.24) is 10.2 Å². The number of ether oxygens (including phenoxy) is 1. The Morgan fingerprint density at radius 3 is 2.30 bits per heavy atom. The van der Waals surface area contributed by atoms with Crippen molar-refractivity contribution in [2.45, 2.75) is 39.3 Å². The Morgan fingerprint density at radius 2 is 1.73 bits per heavy atom. The maximum absolute atomic E-state index is 13.1. The van der Waals surface area contributed by atoms with Gasteiger partial charge in [0.25, 0.3) is 5.91 Å². The van der Waals surface area contributed by atoms with Crippen molar-refractivity contribution < 1.29 is 14.3 Å².